The molecule has 0 atom stereocenters. The third-order valence-corrected chi connectivity index (χ3v) is 5.62. The number of sulfonamides is 1. The van der Waals surface area contributed by atoms with E-state index in [2.05, 4.69) is 17.2 Å². The van der Waals surface area contributed by atoms with Crippen LogP contribution in [0.3, 0.4) is 0 Å². The summed E-state index contributed by atoms with van der Waals surface area (Å²) >= 11 is 0. The fraction of sp³-hybridized carbons (Fsp3) is 0.0952. The van der Waals surface area contributed by atoms with Gasteiger partial charge in [0.15, 0.2) is 5.76 Å². The number of rotatable bonds is 8. The van der Waals surface area contributed by atoms with E-state index in [-0.39, 0.29) is 18.8 Å². The van der Waals surface area contributed by atoms with E-state index >= 15 is 0 Å². The summed E-state index contributed by atoms with van der Waals surface area (Å²) in [5.41, 5.74) is 0.986. The van der Waals surface area contributed by atoms with Gasteiger partial charge in [0.2, 0.25) is 11.8 Å². The lowest BCUT2D eigenvalue weighted by molar-refractivity contribution is -0.124. The summed E-state index contributed by atoms with van der Waals surface area (Å²) in [6.45, 7) is 3.22. The van der Waals surface area contributed by atoms with Crippen molar-refractivity contribution in [2.24, 2.45) is 0 Å². The Morgan fingerprint density at radius 1 is 1.06 bits per heavy atom. The summed E-state index contributed by atoms with van der Waals surface area (Å²) in [6.07, 6.45) is 1.05. The second kappa shape index (κ2) is 9.43. The number of hydrogen-bond donors (Lipinski definition) is 3. The van der Waals surface area contributed by atoms with Gasteiger partial charge in [0.05, 0.1) is 6.54 Å². The van der Waals surface area contributed by atoms with Gasteiger partial charge in [-0.05, 0) is 42.0 Å². The van der Waals surface area contributed by atoms with Crippen molar-refractivity contribution in [3.63, 3.8) is 0 Å². The van der Waals surface area contributed by atoms with Gasteiger partial charge in [0.25, 0.3) is 10.0 Å². The number of carbonyl (C=O) groups excluding carboxylic acids is 3. The van der Waals surface area contributed by atoms with Crippen molar-refractivity contribution in [3.05, 3.63) is 78.3 Å². The number of nitrogens with one attached hydrogen (secondary N) is 3. The molecule has 166 valence electrons. The molecule has 0 unspecified atom stereocenters. The predicted octanol–water partition coefficient (Wildman–Crippen LogP) is 1.61. The highest BCUT2D eigenvalue weighted by molar-refractivity contribution is 7.90. The summed E-state index contributed by atoms with van der Waals surface area (Å²) in [6, 6.07) is 10.8. The molecule has 3 amide bonds. The smallest absolute Gasteiger partial charge is 0.300 e. The molecule has 3 rings (SSSR count). The Morgan fingerprint density at radius 2 is 1.81 bits per heavy atom. The number of carbonyl (C=O) groups is 3. The minimum Gasteiger partial charge on any atom is -0.451 e. The Kier molecular flexibility index (Phi) is 6.69. The predicted molar refractivity (Wildman–Crippen MR) is 112 cm³/mol. The summed E-state index contributed by atoms with van der Waals surface area (Å²) < 4.78 is 45.5. The average molecular weight is 459 g/mol. The van der Waals surface area contributed by atoms with E-state index in [1.807, 2.05) is 0 Å². The highest BCUT2D eigenvalue weighted by atomic mass is 32.2. The van der Waals surface area contributed by atoms with E-state index in [1.165, 1.54) is 18.2 Å². The molecule has 0 aliphatic rings. The molecule has 11 heteroatoms. The molecule has 0 spiro atoms. The van der Waals surface area contributed by atoms with Gasteiger partial charge in [-0.3, -0.25) is 14.4 Å². The molecule has 0 bridgehead atoms. The van der Waals surface area contributed by atoms with Crippen molar-refractivity contribution >= 4 is 38.7 Å². The van der Waals surface area contributed by atoms with E-state index in [0.717, 1.165) is 18.2 Å². The minimum atomic E-state index is -4.43. The summed E-state index contributed by atoms with van der Waals surface area (Å²) in [5, 5.41) is 5.45. The van der Waals surface area contributed by atoms with Crippen LogP contribution in [0.4, 0.5) is 4.39 Å². The Balaban J connectivity index is 1.68. The van der Waals surface area contributed by atoms with Crippen LogP contribution in [0.25, 0.3) is 11.0 Å². The first kappa shape index (κ1) is 22.7. The molecule has 0 aliphatic heterocycles. The summed E-state index contributed by atoms with van der Waals surface area (Å²) in [4.78, 5) is 34.5. The van der Waals surface area contributed by atoms with Gasteiger partial charge in [-0.2, -0.15) is 0 Å². The zero-order chi connectivity index (χ0) is 23.3. The lowest BCUT2D eigenvalue weighted by Crippen LogP contribution is -2.35. The molecule has 2 aromatic carbocycles. The zero-order valence-electron chi connectivity index (χ0n) is 16.6. The van der Waals surface area contributed by atoms with Crippen molar-refractivity contribution < 1.29 is 31.6 Å². The monoisotopic (exact) mass is 459 g/mol. The van der Waals surface area contributed by atoms with Crippen molar-refractivity contribution in [3.8, 4) is 0 Å². The van der Waals surface area contributed by atoms with Crippen molar-refractivity contribution in [2.45, 2.75) is 11.4 Å². The molecule has 3 aromatic rings. The van der Waals surface area contributed by atoms with Gasteiger partial charge in [-0.15, -0.1) is 0 Å². The van der Waals surface area contributed by atoms with E-state index in [9.17, 15) is 27.2 Å². The van der Waals surface area contributed by atoms with E-state index < -0.39 is 38.5 Å². The molecule has 0 fully saturated rings. The quantitative estimate of drug-likeness (QED) is 0.438. The van der Waals surface area contributed by atoms with Gasteiger partial charge < -0.3 is 15.1 Å². The van der Waals surface area contributed by atoms with Crippen LogP contribution >= 0.6 is 0 Å². The van der Waals surface area contributed by atoms with Gasteiger partial charge in [0, 0.05) is 11.9 Å². The number of halogens is 1. The van der Waals surface area contributed by atoms with Crippen LogP contribution in [-0.4, -0.2) is 32.7 Å². The van der Waals surface area contributed by atoms with Crippen LogP contribution in [-0.2, 0) is 26.2 Å². The molecule has 0 radical (unpaired) electrons. The molecule has 1 aromatic heterocycles. The summed E-state index contributed by atoms with van der Waals surface area (Å²) in [5.74, 6) is -3.22. The third-order valence-electron chi connectivity index (χ3n) is 4.26. The minimum absolute atomic E-state index is 0.146. The van der Waals surface area contributed by atoms with Crippen LogP contribution < -0.4 is 15.4 Å². The van der Waals surface area contributed by atoms with Crippen molar-refractivity contribution in [2.75, 3.05) is 6.54 Å². The molecule has 3 N–H and O–H groups in total. The number of benzene rings is 2. The van der Waals surface area contributed by atoms with Gasteiger partial charge in [-0.25, -0.2) is 17.5 Å². The Hall–Kier alpha value is -3.99. The maximum atomic E-state index is 13.8. The Morgan fingerprint density at radius 3 is 2.53 bits per heavy atom. The first-order valence-electron chi connectivity index (χ1n) is 9.21. The number of hydrogen-bond acceptors (Lipinski definition) is 6. The van der Waals surface area contributed by atoms with Gasteiger partial charge in [0.1, 0.15) is 16.3 Å². The molecule has 0 aliphatic carbocycles. The van der Waals surface area contributed by atoms with Gasteiger partial charge >= 0.3 is 5.91 Å². The first-order chi connectivity index (χ1) is 15.2. The van der Waals surface area contributed by atoms with Crippen LogP contribution in [0.2, 0.25) is 0 Å². The molecule has 32 heavy (non-hydrogen) atoms. The largest absolute Gasteiger partial charge is 0.451 e. The molecule has 9 nitrogen and oxygen atoms in total. The molecule has 0 saturated carbocycles. The van der Waals surface area contributed by atoms with Crippen molar-refractivity contribution in [1.82, 2.24) is 15.4 Å². The fourth-order valence-electron chi connectivity index (χ4n) is 2.71. The number of amides is 3. The van der Waals surface area contributed by atoms with Crippen LogP contribution in [0.1, 0.15) is 16.1 Å². The second-order valence-electron chi connectivity index (χ2n) is 6.55. The highest BCUT2D eigenvalue weighted by Crippen LogP contribution is 2.22. The van der Waals surface area contributed by atoms with Crippen molar-refractivity contribution in [1.29, 1.82) is 0 Å². The molecular weight excluding hydrogens is 441 g/mol. The second-order valence-corrected chi connectivity index (χ2v) is 8.20. The Labute approximate surface area is 182 Å². The zero-order valence-corrected chi connectivity index (χ0v) is 17.4. The standard InChI is InChI=1S/C21H18FN3O6S/c1-2-19(26)24-12-20(27)23-11-13-7-8-16-14(9-13)10-17(31-16)21(28)25-32(29,30)18-6-4-3-5-15(18)22/h2-10H,1,11-12H2,(H,23,27)(H,24,26)(H,25,28). The van der Waals surface area contributed by atoms with Gasteiger partial charge in [-0.1, -0.05) is 24.8 Å². The lowest BCUT2D eigenvalue weighted by atomic mass is 10.1. The average Bonchev–Trinajstić information content (AvgIpc) is 3.19. The van der Waals surface area contributed by atoms with Crippen LogP contribution in [0.5, 0.6) is 0 Å². The fourth-order valence-corrected chi connectivity index (χ4v) is 3.74. The lowest BCUT2D eigenvalue weighted by Gasteiger charge is -2.06. The molecular formula is C21H18FN3O6S. The summed E-state index contributed by atoms with van der Waals surface area (Å²) in [7, 11) is -4.43. The van der Waals surface area contributed by atoms with Crippen LogP contribution in [0, 0.1) is 5.82 Å². The molecule has 0 saturated heterocycles. The SMILES string of the molecule is C=CC(=O)NCC(=O)NCc1ccc2oc(C(=O)NS(=O)(=O)c3ccccc3F)cc2c1. The third kappa shape index (κ3) is 5.38. The van der Waals surface area contributed by atoms with Crippen LogP contribution in [0.15, 0.2) is 70.5 Å². The topological polar surface area (TPSA) is 135 Å². The molecule has 1 heterocycles. The number of fused-ring (bicyclic) bond motifs is 1. The first-order valence-corrected chi connectivity index (χ1v) is 10.7. The Bertz CT molecular complexity index is 1320. The highest BCUT2D eigenvalue weighted by Gasteiger charge is 2.24. The van der Waals surface area contributed by atoms with E-state index in [1.54, 1.807) is 22.9 Å². The normalized spacial score (nSPS) is 11.0. The maximum absolute atomic E-state index is 13.8. The number of furan rings is 1. The maximum Gasteiger partial charge on any atom is 0.300 e. The van der Waals surface area contributed by atoms with E-state index in [0.29, 0.717) is 16.5 Å². The van der Waals surface area contributed by atoms with E-state index in [4.69, 9.17) is 4.42 Å².